The Labute approximate surface area is 225 Å². The van der Waals surface area contributed by atoms with E-state index >= 15 is 0 Å². The maximum atomic E-state index is 13.0. The molecule has 0 saturated heterocycles. The van der Waals surface area contributed by atoms with Gasteiger partial charge in [-0.05, 0) is 53.9 Å². The van der Waals surface area contributed by atoms with Crippen LogP contribution in [0.5, 0.6) is 11.5 Å². The van der Waals surface area contributed by atoms with Crippen LogP contribution in [0.4, 0.5) is 0 Å². The largest absolute Gasteiger partial charge is 0.490 e. The predicted octanol–water partition coefficient (Wildman–Crippen LogP) is 4.30. The van der Waals surface area contributed by atoms with Crippen molar-refractivity contribution in [2.24, 2.45) is 5.10 Å². The Morgan fingerprint density at radius 2 is 1.59 bits per heavy atom. The highest BCUT2D eigenvalue weighted by Crippen LogP contribution is 2.29. The van der Waals surface area contributed by atoms with Crippen molar-refractivity contribution in [2.45, 2.75) is 12.8 Å². The van der Waals surface area contributed by atoms with Crippen LogP contribution in [0.25, 0.3) is 0 Å². The van der Waals surface area contributed by atoms with Crippen molar-refractivity contribution in [3.63, 3.8) is 0 Å². The van der Waals surface area contributed by atoms with E-state index < -0.39 is 17.8 Å². The van der Waals surface area contributed by atoms with E-state index in [1.807, 2.05) is 60.7 Å². The fourth-order valence-electron chi connectivity index (χ4n) is 3.78. The van der Waals surface area contributed by atoms with Crippen LogP contribution >= 0.6 is 0 Å². The molecule has 1 heterocycles. The third kappa shape index (κ3) is 7.42. The van der Waals surface area contributed by atoms with Crippen molar-refractivity contribution >= 4 is 24.0 Å². The Balaban J connectivity index is 1.35. The number of hydrazone groups is 1. The summed E-state index contributed by atoms with van der Waals surface area (Å²) in [6.45, 7) is 1.89. The van der Waals surface area contributed by atoms with Gasteiger partial charge in [-0.2, -0.15) is 5.10 Å². The van der Waals surface area contributed by atoms with Crippen LogP contribution in [-0.2, 0) is 9.59 Å². The molecule has 0 unspecified atom stereocenters. The molecule has 2 amide bonds. The number of ether oxygens (including phenoxy) is 2. The first-order chi connectivity index (χ1) is 19.0. The van der Waals surface area contributed by atoms with Crippen LogP contribution in [0, 0.1) is 0 Å². The molecule has 0 aliphatic heterocycles. The first-order valence-corrected chi connectivity index (χ1v) is 12.3. The molecule has 9 nitrogen and oxygen atoms in total. The van der Waals surface area contributed by atoms with Gasteiger partial charge in [0.2, 0.25) is 11.7 Å². The lowest BCUT2D eigenvalue weighted by atomic mass is 9.90. The molecule has 39 heavy (non-hydrogen) atoms. The smallest absolute Gasteiger partial charge is 0.379 e. The van der Waals surface area contributed by atoms with Gasteiger partial charge < -0.3 is 19.2 Å². The molecule has 2 N–H and O–H groups in total. The molecule has 9 heteroatoms. The third-order valence-corrected chi connectivity index (χ3v) is 5.55. The molecule has 4 aromatic rings. The summed E-state index contributed by atoms with van der Waals surface area (Å²) in [6.07, 6.45) is 2.79. The summed E-state index contributed by atoms with van der Waals surface area (Å²) in [5, 5.41) is 6.65. The van der Waals surface area contributed by atoms with Crippen molar-refractivity contribution < 1.29 is 28.3 Å². The van der Waals surface area contributed by atoms with E-state index in [2.05, 4.69) is 15.8 Å². The van der Waals surface area contributed by atoms with E-state index in [4.69, 9.17) is 13.9 Å². The second-order valence-corrected chi connectivity index (χ2v) is 8.27. The highest BCUT2D eigenvalue weighted by molar-refractivity contribution is 5.91. The van der Waals surface area contributed by atoms with Crippen LogP contribution in [0.2, 0.25) is 0 Å². The molecule has 0 saturated carbocycles. The zero-order chi connectivity index (χ0) is 27.5. The first-order valence-electron chi connectivity index (χ1n) is 12.3. The molecular formula is C30H27N3O6. The van der Waals surface area contributed by atoms with Crippen LogP contribution in [0.15, 0.2) is 107 Å². The summed E-state index contributed by atoms with van der Waals surface area (Å²) in [6, 6.07) is 26.7. The number of nitrogens with one attached hydrogen (secondary N) is 2. The van der Waals surface area contributed by atoms with Gasteiger partial charge in [0, 0.05) is 0 Å². The number of hydrogen-bond donors (Lipinski definition) is 2. The minimum absolute atomic E-state index is 0.0664. The van der Waals surface area contributed by atoms with Gasteiger partial charge >= 0.3 is 5.97 Å². The molecule has 0 spiro atoms. The van der Waals surface area contributed by atoms with Crippen LogP contribution in [-0.4, -0.2) is 37.1 Å². The Morgan fingerprint density at radius 1 is 0.897 bits per heavy atom. The molecular weight excluding hydrogens is 498 g/mol. The highest BCUT2D eigenvalue weighted by Gasteiger charge is 2.22. The number of hydrogen-bond acceptors (Lipinski definition) is 7. The second-order valence-electron chi connectivity index (χ2n) is 8.27. The Kier molecular flexibility index (Phi) is 9.22. The summed E-state index contributed by atoms with van der Waals surface area (Å²) in [7, 11) is 0. The predicted molar refractivity (Wildman–Crippen MR) is 145 cm³/mol. The van der Waals surface area contributed by atoms with Crippen molar-refractivity contribution in [2.75, 3.05) is 13.2 Å². The number of nitrogens with zero attached hydrogens (tertiary/aromatic N) is 1. The van der Waals surface area contributed by atoms with E-state index in [-0.39, 0.29) is 24.0 Å². The fraction of sp³-hybridized carbons (Fsp3) is 0.133. The van der Waals surface area contributed by atoms with Gasteiger partial charge in [0.25, 0.3) is 5.91 Å². The summed E-state index contributed by atoms with van der Waals surface area (Å²) in [5.41, 5.74) is 4.63. The lowest BCUT2D eigenvalue weighted by Gasteiger charge is -2.17. The second kappa shape index (κ2) is 13.4. The van der Waals surface area contributed by atoms with Gasteiger partial charge in [0.05, 0.1) is 31.5 Å². The monoisotopic (exact) mass is 525 g/mol. The number of furan rings is 1. The number of carbonyl (C=O) groups excluding carboxylic acids is 3. The average Bonchev–Trinajstić information content (AvgIpc) is 3.50. The van der Waals surface area contributed by atoms with Gasteiger partial charge in [-0.15, -0.1) is 0 Å². The zero-order valence-electron chi connectivity index (χ0n) is 21.2. The maximum Gasteiger partial charge on any atom is 0.379 e. The van der Waals surface area contributed by atoms with Crippen molar-refractivity contribution in [1.82, 2.24) is 10.7 Å². The van der Waals surface area contributed by atoms with E-state index in [0.29, 0.717) is 17.9 Å². The van der Waals surface area contributed by atoms with E-state index in [9.17, 15) is 14.4 Å². The van der Waals surface area contributed by atoms with Gasteiger partial charge in [0.15, 0.2) is 11.5 Å². The molecule has 0 aliphatic carbocycles. The average molecular weight is 526 g/mol. The molecule has 4 rings (SSSR count). The summed E-state index contributed by atoms with van der Waals surface area (Å²) >= 11 is 0. The molecule has 0 bridgehead atoms. The third-order valence-electron chi connectivity index (χ3n) is 5.55. The van der Waals surface area contributed by atoms with E-state index in [1.165, 1.54) is 18.5 Å². The molecule has 1 aromatic heterocycles. The van der Waals surface area contributed by atoms with E-state index in [1.54, 1.807) is 31.2 Å². The fourth-order valence-corrected chi connectivity index (χ4v) is 3.78. The lowest BCUT2D eigenvalue weighted by molar-refractivity contribution is -0.126. The Hall–Kier alpha value is -5.18. The highest BCUT2D eigenvalue weighted by atomic mass is 16.6. The number of amides is 2. The van der Waals surface area contributed by atoms with Gasteiger partial charge in [-0.1, -0.05) is 60.7 Å². The van der Waals surface area contributed by atoms with Gasteiger partial charge in [-0.25, -0.2) is 10.2 Å². The Morgan fingerprint density at radius 3 is 2.21 bits per heavy atom. The summed E-state index contributed by atoms with van der Waals surface area (Å²) < 4.78 is 16.0. The van der Waals surface area contributed by atoms with Gasteiger partial charge in [-0.3, -0.25) is 9.59 Å². The summed E-state index contributed by atoms with van der Waals surface area (Å²) in [4.78, 5) is 37.6. The lowest BCUT2D eigenvalue weighted by Crippen LogP contribution is -2.37. The number of carbonyl (C=O) groups is 3. The van der Waals surface area contributed by atoms with Crippen molar-refractivity contribution in [1.29, 1.82) is 0 Å². The minimum atomic E-state index is -0.654. The van der Waals surface area contributed by atoms with Crippen LogP contribution in [0.1, 0.15) is 40.1 Å². The van der Waals surface area contributed by atoms with Crippen molar-refractivity contribution in [3.8, 4) is 11.5 Å². The number of rotatable bonds is 11. The topological polar surface area (TPSA) is 119 Å². The van der Waals surface area contributed by atoms with Crippen molar-refractivity contribution in [3.05, 3.63) is 120 Å². The number of esters is 1. The molecule has 0 atom stereocenters. The van der Waals surface area contributed by atoms with Crippen LogP contribution < -0.4 is 20.2 Å². The van der Waals surface area contributed by atoms with Gasteiger partial charge in [0.1, 0.15) is 0 Å². The first kappa shape index (κ1) is 26.9. The SMILES string of the molecule is CCOc1cc(/C=N/NC(=O)CNC(=O)C(c2ccccc2)c2ccccc2)ccc1OC(=O)c1ccco1. The zero-order valence-corrected chi connectivity index (χ0v) is 21.2. The maximum absolute atomic E-state index is 13.0. The minimum Gasteiger partial charge on any atom is -0.490 e. The normalized spacial score (nSPS) is 10.8. The molecule has 3 aromatic carbocycles. The quantitative estimate of drug-likeness (QED) is 0.130. The molecule has 0 aliphatic rings. The molecule has 198 valence electrons. The summed E-state index contributed by atoms with van der Waals surface area (Å²) in [5.74, 6) is -1.39. The standard InChI is InChI=1S/C30H27N3O6/c1-2-37-26-18-21(15-16-24(26)39-30(36)25-14-9-17-38-25)19-32-33-27(34)20-31-29(35)28(22-10-5-3-6-11-22)23-12-7-4-8-13-23/h3-19,28H,2,20H2,1H3,(H,31,35)(H,33,34)/b32-19+. The number of benzene rings is 3. The Bertz CT molecular complexity index is 1380. The van der Waals surface area contributed by atoms with Crippen LogP contribution in [0.3, 0.4) is 0 Å². The molecule has 0 radical (unpaired) electrons. The molecule has 0 fully saturated rings. The van der Waals surface area contributed by atoms with E-state index in [0.717, 1.165) is 11.1 Å².